The van der Waals surface area contributed by atoms with Gasteiger partial charge in [0.05, 0.1) is 17.4 Å². The molecule has 3 heterocycles. The number of hydrogen-bond donors (Lipinski definition) is 0. The second kappa shape index (κ2) is 13.8. The molecule has 2 aliphatic rings. The second-order valence-corrected chi connectivity index (χ2v) is 11.9. The van der Waals surface area contributed by atoms with Gasteiger partial charge in [-0.2, -0.15) is 0 Å². The van der Waals surface area contributed by atoms with Gasteiger partial charge in [-0.15, -0.1) is 0 Å². The van der Waals surface area contributed by atoms with Crippen LogP contribution in [-0.2, 0) is 0 Å². The lowest BCUT2D eigenvalue weighted by Crippen LogP contribution is -2.30. The summed E-state index contributed by atoms with van der Waals surface area (Å²) < 4.78 is 0. The third kappa shape index (κ3) is 6.63. The fraction of sp³-hybridized carbons (Fsp3) is 0.244. The molecule has 0 saturated carbocycles. The van der Waals surface area contributed by atoms with Gasteiger partial charge in [-0.05, 0) is 90.8 Å². The Kier molecular flexibility index (Phi) is 9.22. The lowest BCUT2D eigenvalue weighted by Gasteiger charge is -2.36. The average molecular weight is 576 g/mol. The van der Waals surface area contributed by atoms with Gasteiger partial charge < -0.3 is 0 Å². The van der Waals surface area contributed by atoms with E-state index >= 15 is 0 Å². The van der Waals surface area contributed by atoms with E-state index in [9.17, 15) is 0 Å². The van der Waals surface area contributed by atoms with E-state index in [4.69, 9.17) is 15.0 Å². The SMILES string of the molecule is C/C=C\C=C/C(C)C1=NC(c2ccccc2)CC(c2cc(-c3ccccn3)cc(-c3ccc(C4=CCCC=C4)cn3)c2)C1C. The topological polar surface area (TPSA) is 38.1 Å². The van der Waals surface area contributed by atoms with Crippen LogP contribution in [0.15, 0.2) is 139 Å². The Morgan fingerprint density at radius 3 is 2.27 bits per heavy atom. The number of rotatable bonds is 8. The molecule has 0 N–H and O–H groups in total. The van der Waals surface area contributed by atoms with Gasteiger partial charge in [0.25, 0.3) is 0 Å². The summed E-state index contributed by atoms with van der Waals surface area (Å²) in [5, 5.41) is 0. The van der Waals surface area contributed by atoms with Crippen LogP contribution >= 0.6 is 0 Å². The van der Waals surface area contributed by atoms with Gasteiger partial charge in [0, 0.05) is 41.1 Å². The van der Waals surface area contributed by atoms with Gasteiger partial charge >= 0.3 is 0 Å². The van der Waals surface area contributed by atoms with Crippen molar-refractivity contribution in [2.45, 2.75) is 52.0 Å². The molecule has 2 aromatic heterocycles. The Morgan fingerprint density at radius 1 is 0.795 bits per heavy atom. The standard InChI is InChI=1S/C41H41N3/c1-4-5-8-15-29(2)41-30(3)37(27-40(44-41)32-18-11-7-12-19-32)34-24-35(38-20-13-14-23-42-38)26-36(25-34)39-22-21-33(28-43-39)31-16-9-6-10-17-31/h4-5,7-9,11-26,28-30,37,40H,6,10,27H2,1-3H3/b5-4-,15-8-. The summed E-state index contributed by atoms with van der Waals surface area (Å²) >= 11 is 0. The Bertz CT molecular complexity index is 1710. The van der Waals surface area contributed by atoms with Crippen LogP contribution in [0.4, 0.5) is 0 Å². The van der Waals surface area contributed by atoms with Gasteiger partial charge in [-0.25, -0.2) is 0 Å². The highest BCUT2D eigenvalue weighted by Crippen LogP contribution is 2.44. The molecule has 4 atom stereocenters. The average Bonchev–Trinajstić information content (AvgIpc) is 3.09. The lowest BCUT2D eigenvalue weighted by molar-refractivity contribution is 0.440. The zero-order valence-corrected chi connectivity index (χ0v) is 26.0. The highest BCUT2D eigenvalue weighted by atomic mass is 14.8. The third-order valence-corrected chi connectivity index (χ3v) is 8.94. The minimum Gasteiger partial charge on any atom is -0.285 e. The molecular formula is C41H41N3. The molecule has 0 spiro atoms. The van der Waals surface area contributed by atoms with Crippen LogP contribution in [0.25, 0.3) is 28.1 Å². The molecule has 3 nitrogen and oxygen atoms in total. The van der Waals surface area contributed by atoms with Crippen molar-refractivity contribution in [1.29, 1.82) is 0 Å². The predicted molar refractivity (Wildman–Crippen MR) is 186 cm³/mol. The maximum Gasteiger partial charge on any atom is 0.0754 e. The smallest absolute Gasteiger partial charge is 0.0754 e. The maximum atomic E-state index is 5.41. The molecule has 4 aromatic rings. The summed E-state index contributed by atoms with van der Waals surface area (Å²) in [5.41, 5.74) is 10.5. The number of aromatic nitrogens is 2. The summed E-state index contributed by atoms with van der Waals surface area (Å²) in [6.07, 6.45) is 22.4. The van der Waals surface area contributed by atoms with Crippen LogP contribution in [-0.4, -0.2) is 15.7 Å². The van der Waals surface area contributed by atoms with Crippen molar-refractivity contribution in [2.75, 3.05) is 0 Å². The molecule has 0 bridgehead atoms. The first-order valence-corrected chi connectivity index (χ1v) is 15.9. The van der Waals surface area contributed by atoms with Gasteiger partial charge in [0.2, 0.25) is 0 Å². The highest BCUT2D eigenvalue weighted by Gasteiger charge is 2.34. The first-order chi connectivity index (χ1) is 21.6. The van der Waals surface area contributed by atoms with Gasteiger partial charge in [-0.1, -0.05) is 98.8 Å². The van der Waals surface area contributed by atoms with Crippen molar-refractivity contribution in [2.24, 2.45) is 16.8 Å². The van der Waals surface area contributed by atoms with E-state index in [1.807, 2.05) is 18.5 Å². The van der Waals surface area contributed by atoms with Crippen molar-refractivity contribution < 1.29 is 0 Å². The quantitative estimate of drug-likeness (QED) is 0.196. The molecule has 6 rings (SSSR count). The number of allylic oxidation sites excluding steroid dienone is 8. The molecule has 0 fully saturated rings. The van der Waals surface area contributed by atoms with Gasteiger partial charge in [0.15, 0.2) is 0 Å². The molecule has 0 amide bonds. The third-order valence-electron chi connectivity index (χ3n) is 8.94. The van der Waals surface area contributed by atoms with Crippen molar-refractivity contribution in [1.82, 2.24) is 9.97 Å². The number of pyridine rings is 2. The summed E-state index contributed by atoms with van der Waals surface area (Å²) in [5.74, 6) is 0.822. The minimum atomic E-state index is 0.112. The van der Waals surface area contributed by atoms with E-state index in [0.717, 1.165) is 41.8 Å². The van der Waals surface area contributed by atoms with Crippen molar-refractivity contribution in [3.63, 3.8) is 0 Å². The van der Waals surface area contributed by atoms with Crippen LogP contribution in [0.2, 0.25) is 0 Å². The van der Waals surface area contributed by atoms with Gasteiger partial charge in [0.1, 0.15) is 0 Å². The van der Waals surface area contributed by atoms with Crippen LogP contribution in [0.1, 0.15) is 68.7 Å². The normalized spacial score (nSPS) is 20.9. The molecular weight excluding hydrogens is 534 g/mol. The van der Waals surface area contributed by atoms with Gasteiger partial charge in [-0.3, -0.25) is 15.0 Å². The first kappa shape index (κ1) is 29.4. The molecule has 4 unspecified atom stereocenters. The maximum absolute atomic E-state index is 5.41. The zero-order chi connectivity index (χ0) is 30.3. The Morgan fingerprint density at radius 2 is 1.59 bits per heavy atom. The zero-order valence-electron chi connectivity index (χ0n) is 26.0. The van der Waals surface area contributed by atoms with Crippen LogP contribution in [0.5, 0.6) is 0 Å². The number of aliphatic imine (C=N–C) groups is 1. The molecule has 1 aliphatic carbocycles. The van der Waals surface area contributed by atoms with Crippen molar-refractivity contribution in [3.05, 3.63) is 150 Å². The van der Waals surface area contributed by atoms with Crippen LogP contribution in [0.3, 0.4) is 0 Å². The molecule has 2 aromatic carbocycles. The van der Waals surface area contributed by atoms with E-state index in [2.05, 4.69) is 136 Å². The van der Waals surface area contributed by atoms with E-state index in [-0.39, 0.29) is 17.9 Å². The number of benzene rings is 2. The van der Waals surface area contributed by atoms with Crippen molar-refractivity contribution >= 4 is 11.3 Å². The minimum absolute atomic E-state index is 0.112. The summed E-state index contributed by atoms with van der Waals surface area (Å²) in [4.78, 5) is 15.1. The molecule has 0 radical (unpaired) electrons. The monoisotopic (exact) mass is 575 g/mol. The lowest BCUT2D eigenvalue weighted by atomic mass is 9.73. The van der Waals surface area contributed by atoms with Crippen molar-refractivity contribution in [3.8, 4) is 22.5 Å². The number of hydrogen-bond acceptors (Lipinski definition) is 3. The van der Waals surface area contributed by atoms with E-state index in [1.54, 1.807) is 0 Å². The van der Waals surface area contributed by atoms with Crippen LogP contribution in [0, 0.1) is 11.8 Å². The fourth-order valence-corrected chi connectivity index (χ4v) is 6.54. The fourth-order valence-electron chi connectivity index (χ4n) is 6.54. The summed E-state index contributed by atoms with van der Waals surface area (Å²) in [6, 6.07) is 28.3. The van der Waals surface area contributed by atoms with E-state index < -0.39 is 0 Å². The molecule has 3 heteroatoms. The predicted octanol–water partition coefficient (Wildman–Crippen LogP) is 10.6. The Labute approximate surface area is 262 Å². The summed E-state index contributed by atoms with van der Waals surface area (Å²) in [6.45, 7) is 6.68. The second-order valence-electron chi connectivity index (χ2n) is 11.9. The van der Waals surface area contributed by atoms with Crippen LogP contribution < -0.4 is 0 Å². The molecule has 0 saturated heterocycles. The summed E-state index contributed by atoms with van der Waals surface area (Å²) in [7, 11) is 0. The molecule has 44 heavy (non-hydrogen) atoms. The number of nitrogens with zero attached hydrogens (tertiary/aromatic N) is 3. The molecule has 220 valence electrons. The Hall–Kier alpha value is -4.63. The van der Waals surface area contributed by atoms with E-state index in [1.165, 1.54) is 28.0 Å². The first-order valence-electron chi connectivity index (χ1n) is 15.9. The highest BCUT2D eigenvalue weighted by molar-refractivity contribution is 5.91. The molecule has 1 aliphatic heterocycles. The van der Waals surface area contributed by atoms with E-state index in [0.29, 0.717) is 5.92 Å². The Balaban J connectivity index is 1.43. The largest absolute Gasteiger partial charge is 0.285 e.